The van der Waals surface area contributed by atoms with Crippen molar-refractivity contribution in [3.8, 4) is 5.75 Å². The van der Waals surface area contributed by atoms with Gasteiger partial charge in [0.1, 0.15) is 10.8 Å². The van der Waals surface area contributed by atoms with Gasteiger partial charge >= 0.3 is 0 Å². The number of carbonyl (C=O) groups excluding carboxylic acids is 1. The lowest BCUT2D eigenvalue weighted by Gasteiger charge is -2.38. The number of hydrogen-bond donors (Lipinski definition) is 1. The average Bonchev–Trinajstić information content (AvgIpc) is 3.24. The number of aryl methyl sites for hydroxylation is 1. The zero-order valence-corrected chi connectivity index (χ0v) is 24.0. The minimum absolute atomic E-state index is 0.0642. The predicted molar refractivity (Wildman–Crippen MR) is 162 cm³/mol. The molecule has 0 spiro atoms. The monoisotopic (exact) mass is 538 g/mol. The minimum atomic E-state index is -0.0647. The van der Waals surface area contributed by atoms with Crippen LogP contribution in [0.25, 0.3) is 0 Å². The standard InChI is InChI=1S/C34H38N2O2S/c1-4-38-30-17-15-28(16-18-30)32(36-21-19-27(20-22-36)23-26-11-7-5-8-12-26)31-24(2)25(3)39-34(31)35-33(37)29-13-9-6-10-14-29/h5-18,27,32H,4,19-23H2,1-3H3,(H,35,37). The first-order valence-electron chi connectivity index (χ1n) is 14.0. The van der Waals surface area contributed by atoms with Gasteiger partial charge in [0.25, 0.3) is 5.91 Å². The number of nitrogens with zero attached hydrogens (tertiary/aromatic N) is 1. The third-order valence-corrected chi connectivity index (χ3v) is 9.00. The molecular formula is C34H38N2O2S. The summed E-state index contributed by atoms with van der Waals surface area (Å²) in [5, 5.41) is 4.23. The van der Waals surface area contributed by atoms with E-state index in [9.17, 15) is 4.79 Å². The molecule has 1 unspecified atom stereocenters. The average molecular weight is 539 g/mol. The van der Waals surface area contributed by atoms with Crippen LogP contribution in [-0.2, 0) is 6.42 Å². The van der Waals surface area contributed by atoms with Gasteiger partial charge in [-0.2, -0.15) is 0 Å². The van der Waals surface area contributed by atoms with Gasteiger partial charge in [-0.3, -0.25) is 9.69 Å². The first-order chi connectivity index (χ1) is 19.0. The fourth-order valence-electron chi connectivity index (χ4n) is 5.67. The molecule has 1 saturated heterocycles. The Bertz CT molecular complexity index is 1360. The Morgan fingerprint density at radius 1 is 0.949 bits per heavy atom. The molecule has 1 atom stereocenters. The van der Waals surface area contributed by atoms with Crippen LogP contribution in [0.1, 0.15) is 63.3 Å². The van der Waals surface area contributed by atoms with Crippen molar-refractivity contribution >= 4 is 22.2 Å². The van der Waals surface area contributed by atoms with Crippen molar-refractivity contribution < 1.29 is 9.53 Å². The molecular weight excluding hydrogens is 500 g/mol. The zero-order chi connectivity index (χ0) is 27.2. The molecule has 1 fully saturated rings. The van der Waals surface area contributed by atoms with Crippen molar-refractivity contribution in [1.29, 1.82) is 0 Å². The first-order valence-corrected chi connectivity index (χ1v) is 14.8. The summed E-state index contributed by atoms with van der Waals surface area (Å²) >= 11 is 1.68. The summed E-state index contributed by atoms with van der Waals surface area (Å²) in [6, 6.07) is 28.9. The van der Waals surface area contributed by atoms with E-state index >= 15 is 0 Å². The Hall–Kier alpha value is -3.41. The number of amides is 1. The number of likely N-dealkylation sites (tertiary alicyclic amines) is 1. The minimum Gasteiger partial charge on any atom is -0.494 e. The summed E-state index contributed by atoms with van der Waals surface area (Å²) in [7, 11) is 0. The number of nitrogens with one attached hydrogen (secondary N) is 1. The second-order valence-electron chi connectivity index (χ2n) is 10.4. The predicted octanol–water partition coefficient (Wildman–Crippen LogP) is 8.06. The summed E-state index contributed by atoms with van der Waals surface area (Å²) in [5.74, 6) is 1.51. The number of thiophene rings is 1. The van der Waals surface area contributed by atoms with Gasteiger partial charge < -0.3 is 10.1 Å². The molecule has 0 aliphatic carbocycles. The van der Waals surface area contributed by atoms with Crippen molar-refractivity contribution in [2.75, 3.05) is 25.0 Å². The van der Waals surface area contributed by atoms with Crippen molar-refractivity contribution in [1.82, 2.24) is 4.90 Å². The van der Waals surface area contributed by atoms with E-state index in [-0.39, 0.29) is 11.9 Å². The Morgan fingerprint density at radius 3 is 2.23 bits per heavy atom. The topological polar surface area (TPSA) is 41.6 Å². The highest BCUT2D eigenvalue weighted by atomic mass is 32.1. The van der Waals surface area contributed by atoms with Crippen LogP contribution in [0, 0.1) is 19.8 Å². The van der Waals surface area contributed by atoms with E-state index in [1.165, 1.54) is 27.1 Å². The molecule has 3 aromatic carbocycles. The molecule has 4 aromatic rings. The fraction of sp³-hybridized carbons (Fsp3) is 0.324. The van der Waals surface area contributed by atoms with Crippen LogP contribution in [0.15, 0.2) is 84.9 Å². The summed E-state index contributed by atoms with van der Waals surface area (Å²) in [4.78, 5) is 17.1. The lowest BCUT2D eigenvalue weighted by Crippen LogP contribution is -2.38. The number of anilines is 1. The van der Waals surface area contributed by atoms with Crippen LogP contribution in [0.3, 0.4) is 0 Å². The number of rotatable bonds is 9. The molecule has 5 heteroatoms. The van der Waals surface area contributed by atoms with E-state index in [4.69, 9.17) is 4.74 Å². The van der Waals surface area contributed by atoms with Gasteiger partial charge in [-0.05, 0) is 100.0 Å². The molecule has 202 valence electrons. The van der Waals surface area contributed by atoms with Gasteiger partial charge in [-0.25, -0.2) is 0 Å². The maximum atomic E-state index is 13.2. The zero-order valence-electron chi connectivity index (χ0n) is 23.2. The maximum absolute atomic E-state index is 13.2. The smallest absolute Gasteiger partial charge is 0.256 e. The van der Waals surface area contributed by atoms with Crippen LogP contribution in [0.2, 0.25) is 0 Å². The highest BCUT2D eigenvalue weighted by molar-refractivity contribution is 7.16. The van der Waals surface area contributed by atoms with Gasteiger partial charge in [0.05, 0.1) is 12.6 Å². The molecule has 0 bridgehead atoms. The number of benzene rings is 3. The molecule has 5 rings (SSSR count). The highest BCUT2D eigenvalue weighted by Crippen LogP contribution is 2.44. The summed E-state index contributed by atoms with van der Waals surface area (Å²) < 4.78 is 5.75. The third kappa shape index (κ3) is 6.43. The number of piperidine rings is 1. The van der Waals surface area contributed by atoms with E-state index < -0.39 is 0 Å². The van der Waals surface area contributed by atoms with Crippen molar-refractivity contribution in [2.45, 2.75) is 46.1 Å². The molecule has 1 aliphatic rings. The van der Waals surface area contributed by atoms with Crippen molar-refractivity contribution in [3.63, 3.8) is 0 Å². The van der Waals surface area contributed by atoms with Crippen LogP contribution < -0.4 is 10.1 Å². The maximum Gasteiger partial charge on any atom is 0.256 e. The molecule has 39 heavy (non-hydrogen) atoms. The Balaban J connectivity index is 1.45. The summed E-state index contributed by atoms with van der Waals surface area (Å²) in [5.41, 5.74) is 5.80. The number of carbonyl (C=O) groups is 1. The van der Waals surface area contributed by atoms with E-state index in [0.717, 1.165) is 43.1 Å². The van der Waals surface area contributed by atoms with Gasteiger partial charge in [-0.15, -0.1) is 11.3 Å². The Labute approximate surface area is 236 Å². The van der Waals surface area contributed by atoms with Crippen LogP contribution in [0.4, 0.5) is 5.00 Å². The van der Waals surface area contributed by atoms with Crippen LogP contribution >= 0.6 is 11.3 Å². The quantitative estimate of drug-likeness (QED) is 0.234. The number of ether oxygens (including phenoxy) is 1. The van der Waals surface area contributed by atoms with E-state index in [0.29, 0.717) is 18.1 Å². The lowest BCUT2D eigenvalue weighted by atomic mass is 9.87. The fourth-order valence-corrected chi connectivity index (χ4v) is 6.75. The summed E-state index contributed by atoms with van der Waals surface area (Å²) in [6.45, 7) is 9.06. The molecule has 4 nitrogen and oxygen atoms in total. The molecule has 0 radical (unpaired) electrons. The Kier molecular flexibility index (Phi) is 8.80. The number of hydrogen-bond acceptors (Lipinski definition) is 4. The van der Waals surface area contributed by atoms with Gasteiger partial charge in [0.2, 0.25) is 0 Å². The van der Waals surface area contributed by atoms with Crippen LogP contribution in [-0.4, -0.2) is 30.5 Å². The SMILES string of the molecule is CCOc1ccc(C(c2c(NC(=O)c3ccccc3)sc(C)c2C)N2CCC(Cc3ccccc3)CC2)cc1. The molecule has 1 aromatic heterocycles. The molecule has 1 amide bonds. The largest absolute Gasteiger partial charge is 0.494 e. The lowest BCUT2D eigenvalue weighted by molar-refractivity contribution is 0.102. The molecule has 0 saturated carbocycles. The highest BCUT2D eigenvalue weighted by Gasteiger charge is 2.32. The van der Waals surface area contributed by atoms with Crippen molar-refractivity contribution in [3.05, 3.63) is 118 Å². The summed E-state index contributed by atoms with van der Waals surface area (Å²) in [6.07, 6.45) is 3.46. The first kappa shape index (κ1) is 27.2. The van der Waals surface area contributed by atoms with Gasteiger partial charge in [0, 0.05) is 16.0 Å². The van der Waals surface area contributed by atoms with E-state index in [1.807, 2.05) is 37.3 Å². The van der Waals surface area contributed by atoms with E-state index in [2.05, 4.69) is 78.7 Å². The Morgan fingerprint density at radius 2 is 1.59 bits per heavy atom. The van der Waals surface area contributed by atoms with Crippen LogP contribution in [0.5, 0.6) is 5.75 Å². The molecule has 2 heterocycles. The normalized spacial score (nSPS) is 15.2. The molecule has 1 N–H and O–H groups in total. The van der Waals surface area contributed by atoms with Gasteiger partial charge in [0.15, 0.2) is 0 Å². The third-order valence-electron chi connectivity index (χ3n) is 7.86. The van der Waals surface area contributed by atoms with Crippen molar-refractivity contribution in [2.24, 2.45) is 5.92 Å². The van der Waals surface area contributed by atoms with Gasteiger partial charge in [-0.1, -0.05) is 60.7 Å². The second kappa shape index (κ2) is 12.6. The van der Waals surface area contributed by atoms with E-state index in [1.54, 1.807) is 11.3 Å². The second-order valence-corrected chi connectivity index (χ2v) is 11.6. The molecule has 1 aliphatic heterocycles.